The number of carbonyl (C=O) groups excluding carboxylic acids is 1. The van der Waals surface area contributed by atoms with Gasteiger partial charge in [0, 0.05) is 0 Å². The van der Waals surface area contributed by atoms with Gasteiger partial charge in [-0.2, -0.15) is 39.5 Å². The largest absolute Gasteiger partial charge is 0.548 e. The van der Waals surface area contributed by atoms with Gasteiger partial charge < -0.3 is 14.6 Å². The summed E-state index contributed by atoms with van der Waals surface area (Å²) in [5.41, 5.74) is 0. The summed E-state index contributed by atoms with van der Waals surface area (Å²) in [6.07, 6.45) is -14.1. The first-order chi connectivity index (χ1) is 9.04. The van der Waals surface area contributed by atoms with Gasteiger partial charge >= 0.3 is 24.1 Å². The van der Waals surface area contributed by atoms with Crippen LogP contribution in [0.5, 0.6) is 0 Å². The molecule has 0 amide bonds. The average Bonchev–Trinajstić information content (AvgIpc) is 2.23. The predicted molar refractivity (Wildman–Crippen MR) is 41.0 cm³/mol. The summed E-state index contributed by atoms with van der Waals surface area (Å²) in [7, 11) is 0. The third kappa shape index (κ3) is 4.47. The van der Waals surface area contributed by atoms with Gasteiger partial charge in [-0.25, -0.2) is 4.39 Å². The maximum atomic E-state index is 12.8. The van der Waals surface area contributed by atoms with Crippen molar-refractivity contribution < 1.29 is 58.5 Å². The van der Waals surface area contributed by atoms with Crippen LogP contribution in [-0.2, 0) is 9.53 Å². The van der Waals surface area contributed by atoms with Gasteiger partial charge in [-0.3, -0.25) is 0 Å². The number of rotatable bonds is 6. The minimum atomic E-state index is -6.80. The summed E-state index contributed by atoms with van der Waals surface area (Å²) in [4.78, 5) is 9.71. The summed E-state index contributed by atoms with van der Waals surface area (Å²) < 4.78 is 126. The van der Waals surface area contributed by atoms with Crippen molar-refractivity contribution in [2.75, 3.05) is 6.61 Å². The number of carboxylic acid groups (broad SMARTS) is 1. The number of halogens is 10. The van der Waals surface area contributed by atoms with E-state index in [1.807, 2.05) is 0 Å². The third-order valence-electron chi connectivity index (χ3n) is 1.72. The minimum Gasteiger partial charge on any atom is -0.548 e. The lowest BCUT2D eigenvalue weighted by Crippen LogP contribution is -2.56. The molecule has 124 valence electrons. The molecule has 0 radical (unpaired) electrons. The third-order valence-corrected chi connectivity index (χ3v) is 1.72. The number of hydrogen-bond acceptors (Lipinski definition) is 3. The van der Waals surface area contributed by atoms with E-state index in [4.69, 9.17) is 0 Å². The van der Waals surface area contributed by atoms with Crippen molar-refractivity contribution in [1.29, 1.82) is 0 Å². The molecule has 0 heterocycles. The van der Waals surface area contributed by atoms with Gasteiger partial charge in [-0.15, -0.1) is 0 Å². The predicted octanol–water partition coefficient (Wildman–Crippen LogP) is 2.03. The standard InChI is InChI=1S/C8H4F10O3/c9-3(1-5(10,11)12)6(13,14)7(15,16)8(17,18)21-2-4(19)20/h1H,2H2,(H,19,20)/p-1. The van der Waals surface area contributed by atoms with Gasteiger partial charge in [0.1, 0.15) is 0 Å². The first kappa shape index (κ1) is 19.5. The highest BCUT2D eigenvalue weighted by molar-refractivity contribution is 5.65. The first-order valence-corrected chi connectivity index (χ1v) is 4.47. The molecule has 0 aromatic heterocycles. The van der Waals surface area contributed by atoms with Gasteiger partial charge in [0.2, 0.25) is 0 Å². The van der Waals surface area contributed by atoms with Crippen LogP contribution in [0.25, 0.3) is 0 Å². The Labute approximate surface area is 108 Å². The minimum absolute atomic E-state index is 1.95. The Morgan fingerprint density at radius 3 is 1.76 bits per heavy atom. The van der Waals surface area contributed by atoms with Crippen molar-refractivity contribution >= 4 is 5.97 Å². The molecule has 0 aliphatic rings. The number of alkyl halides is 9. The van der Waals surface area contributed by atoms with E-state index in [9.17, 15) is 53.8 Å². The van der Waals surface area contributed by atoms with E-state index < -0.39 is 48.6 Å². The number of carbonyl (C=O) groups is 1. The highest BCUT2D eigenvalue weighted by atomic mass is 19.4. The van der Waals surface area contributed by atoms with Crippen LogP contribution in [0.2, 0.25) is 0 Å². The van der Waals surface area contributed by atoms with Gasteiger partial charge in [-0.1, -0.05) is 0 Å². The second-order valence-electron chi connectivity index (χ2n) is 3.36. The van der Waals surface area contributed by atoms with E-state index in [0.717, 1.165) is 0 Å². The van der Waals surface area contributed by atoms with Crippen molar-refractivity contribution in [1.82, 2.24) is 0 Å². The van der Waals surface area contributed by atoms with Crippen LogP contribution >= 0.6 is 0 Å². The van der Waals surface area contributed by atoms with Crippen LogP contribution in [0.3, 0.4) is 0 Å². The molecule has 13 heteroatoms. The lowest BCUT2D eigenvalue weighted by atomic mass is 10.1. The van der Waals surface area contributed by atoms with Crippen molar-refractivity contribution in [2.45, 2.75) is 24.1 Å². The van der Waals surface area contributed by atoms with Gasteiger partial charge in [0.25, 0.3) is 0 Å². The quantitative estimate of drug-likeness (QED) is 0.697. The zero-order valence-electron chi connectivity index (χ0n) is 9.29. The van der Waals surface area contributed by atoms with Crippen molar-refractivity contribution in [2.24, 2.45) is 0 Å². The Hall–Kier alpha value is -1.53. The Balaban J connectivity index is 5.55. The molecule has 0 aromatic carbocycles. The summed E-state index contributed by atoms with van der Waals surface area (Å²) in [5, 5.41) is 9.71. The zero-order valence-corrected chi connectivity index (χ0v) is 9.29. The second kappa shape index (κ2) is 5.69. The fourth-order valence-corrected chi connectivity index (χ4v) is 0.807. The Kier molecular flexibility index (Phi) is 5.28. The van der Waals surface area contributed by atoms with Crippen LogP contribution < -0.4 is 5.11 Å². The fourth-order valence-electron chi connectivity index (χ4n) is 0.807. The van der Waals surface area contributed by atoms with Crippen LogP contribution in [0.15, 0.2) is 11.9 Å². The average molecular weight is 337 g/mol. The van der Waals surface area contributed by atoms with E-state index in [0.29, 0.717) is 0 Å². The molecule has 0 saturated carbocycles. The number of carboxylic acids is 1. The molecule has 0 aliphatic carbocycles. The molecule has 0 aromatic rings. The van der Waals surface area contributed by atoms with E-state index in [1.165, 1.54) is 0 Å². The van der Waals surface area contributed by atoms with E-state index in [2.05, 4.69) is 4.74 Å². The number of ether oxygens (including phenoxy) is 1. The Morgan fingerprint density at radius 2 is 1.43 bits per heavy atom. The number of allylic oxidation sites excluding steroid dienone is 2. The molecular weight excluding hydrogens is 334 g/mol. The Morgan fingerprint density at radius 1 is 1.00 bits per heavy atom. The lowest BCUT2D eigenvalue weighted by molar-refractivity contribution is -0.398. The summed E-state index contributed by atoms with van der Waals surface area (Å²) in [5.74, 6) is -19.8. The van der Waals surface area contributed by atoms with Gasteiger partial charge in [-0.05, 0) is 0 Å². The zero-order chi connectivity index (χ0) is 17.3. The van der Waals surface area contributed by atoms with E-state index in [-0.39, 0.29) is 0 Å². The van der Waals surface area contributed by atoms with Crippen LogP contribution in [0.1, 0.15) is 0 Å². The van der Waals surface area contributed by atoms with E-state index >= 15 is 0 Å². The van der Waals surface area contributed by atoms with Gasteiger partial charge in [0.15, 0.2) is 5.83 Å². The molecule has 0 unspecified atom stereocenters. The smallest absolute Gasteiger partial charge is 0.426 e. The molecule has 0 N–H and O–H groups in total. The molecule has 0 spiro atoms. The topological polar surface area (TPSA) is 49.4 Å². The molecule has 0 saturated heterocycles. The molecule has 0 bridgehead atoms. The molecule has 3 nitrogen and oxygen atoms in total. The molecule has 0 atom stereocenters. The van der Waals surface area contributed by atoms with Crippen LogP contribution in [0.4, 0.5) is 43.9 Å². The normalized spacial score (nSPS) is 15.2. The first-order valence-electron chi connectivity index (χ1n) is 4.47. The molecule has 0 aliphatic heterocycles. The summed E-state index contributed by atoms with van der Waals surface area (Å²) in [6.45, 7) is -2.29. The number of aliphatic carboxylic acids is 1. The van der Waals surface area contributed by atoms with Crippen molar-refractivity contribution in [3.05, 3.63) is 11.9 Å². The van der Waals surface area contributed by atoms with Crippen molar-refractivity contribution in [3.63, 3.8) is 0 Å². The molecular formula is C8H3F10O3-. The highest BCUT2D eigenvalue weighted by Gasteiger charge is 2.75. The fraction of sp³-hybridized carbons (Fsp3) is 0.625. The molecule has 0 fully saturated rings. The SMILES string of the molecule is O=C([O-])COC(F)(F)C(F)(F)C(F)(F)C(F)=CC(F)(F)F. The number of hydrogen-bond donors (Lipinski definition) is 0. The van der Waals surface area contributed by atoms with Crippen LogP contribution in [0, 0.1) is 0 Å². The lowest BCUT2D eigenvalue weighted by Gasteiger charge is -2.31. The highest BCUT2D eigenvalue weighted by Crippen LogP contribution is 2.50. The molecule has 21 heavy (non-hydrogen) atoms. The second-order valence-corrected chi connectivity index (χ2v) is 3.36. The monoisotopic (exact) mass is 337 g/mol. The summed E-state index contributed by atoms with van der Waals surface area (Å²) >= 11 is 0. The summed E-state index contributed by atoms with van der Waals surface area (Å²) in [6, 6.07) is 0. The van der Waals surface area contributed by atoms with Crippen LogP contribution in [-0.4, -0.2) is 36.7 Å². The van der Waals surface area contributed by atoms with E-state index in [1.54, 1.807) is 0 Å². The molecule has 0 rings (SSSR count). The maximum absolute atomic E-state index is 12.8. The maximum Gasteiger partial charge on any atom is 0.426 e. The van der Waals surface area contributed by atoms with Gasteiger partial charge in [0.05, 0.1) is 18.7 Å². The Bertz CT molecular complexity index is 425. The van der Waals surface area contributed by atoms with Crippen molar-refractivity contribution in [3.8, 4) is 0 Å².